The minimum Gasteiger partial charge on any atom is -0.343 e. The van der Waals surface area contributed by atoms with E-state index in [1.165, 1.54) is 12.1 Å². The molecule has 0 spiro atoms. The number of pyridine rings is 1. The van der Waals surface area contributed by atoms with Gasteiger partial charge in [0, 0.05) is 41.8 Å². The van der Waals surface area contributed by atoms with Crippen LogP contribution >= 0.6 is 0 Å². The summed E-state index contributed by atoms with van der Waals surface area (Å²) in [5, 5.41) is 1.08. The zero-order valence-corrected chi connectivity index (χ0v) is 13.2. The molecule has 0 aliphatic carbocycles. The number of piperidine rings is 1. The maximum atomic E-state index is 13.4. The van der Waals surface area contributed by atoms with E-state index >= 15 is 0 Å². The Labute approximate surface area is 139 Å². The molecule has 4 rings (SSSR count). The summed E-state index contributed by atoms with van der Waals surface area (Å²) in [5.74, 6) is -0.227. The van der Waals surface area contributed by atoms with Crippen LogP contribution in [0, 0.1) is 5.82 Å². The number of carbonyl (C=O) groups excluding carboxylic acids is 1. The summed E-state index contributed by atoms with van der Waals surface area (Å²) < 4.78 is 13.4. The van der Waals surface area contributed by atoms with Crippen molar-refractivity contribution in [1.82, 2.24) is 14.9 Å². The first-order valence-corrected chi connectivity index (χ1v) is 8.19. The molecule has 1 atom stereocenters. The Bertz CT molecular complexity index is 856. The molecule has 0 saturated carbocycles. The summed E-state index contributed by atoms with van der Waals surface area (Å²) in [6.45, 7) is 1.35. The molecule has 4 nitrogen and oxygen atoms in total. The smallest absolute Gasteiger partial charge is 0.253 e. The van der Waals surface area contributed by atoms with Crippen LogP contribution in [0.1, 0.15) is 34.8 Å². The largest absolute Gasteiger partial charge is 0.343 e. The normalized spacial score (nSPS) is 18.0. The molecule has 122 valence electrons. The zero-order chi connectivity index (χ0) is 16.5. The predicted molar refractivity (Wildman–Crippen MR) is 90.4 cm³/mol. The van der Waals surface area contributed by atoms with Crippen molar-refractivity contribution in [2.45, 2.75) is 18.8 Å². The number of carbonyl (C=O) groups is 1. The minimum atomic E-state index is -0.379. The molecule has 1 fully saturated rings. The highest BCUT2D eigenvalue weighted by molar-refractivity contribution is 5.94. The van der Waals surface area contributed by atoms with Crippen LogP contribution in [0.3, 0.4) is 0 Å². The molecule has 1 aliphatic rings. The van der Waals surface area contributed by atoms with Gasteiger partial charge in [0.15, 0.2) is 0 Å². The second-order valence-corrected chi connectivity index (χ2v) is 6.27. The number of halogens is 1. The lowest BCUT2D eigenvalue weighted by Gasteiger charge is -2.32. The van der Waals surface area contributed by atoms with Crippen LogP contribution in [-0.4, -0.2) is 33.9 Å². The Morgan fingerprint density at radius 2 is 2.17 bits per heavy atom. The highest BCUT2D eigenvalue weighted by Crippen LogP contribution is 2.29. The van der Waals surface area contributed by atoms with Crippen molar-refractivity contribution in [2.75, 3.05) is 13.1 Å². The predicted octanol–water partition coefficient (Wildman–Crippen LogP) is 3.72. The summed E-state index contributed by atoms with van der Waals surface area (Å²) in [6, 6.07) is 12.0. The topological polar surface area (TPSA) is 49.0 Å². The molecule has 0 bridgehead atoms. The second kappa shape index (κ2) is 6.07. The van der Waals surface area contributed by atoms with Gasteiger partial charge in [0.25, 0.3) is 5.91 Å². The molecule has 24 heavy (non-hydrogen) atoms. The molecule has 1 aromatic carbocycles. The van der Waals surface area contributed by atoms with Gasteiger partial charge in [-0.25, -0.2) is 9.37 Å². The van der Waals surface area contributed by atoms with Crippen LogP contribution < -0.4 is 0 Å². The summed E-state index contributed by atoms with van der Waals surface area (Å²) in [6.07, 6.45) is 3.73. The fourth-order valence-corrected chi connectivity index (χ4v) is 3.42. The van der Waals surface area contributed by atoms with Crippen molar-refractivity contribution in [2.24, 2.45) is 0 Å². The van der Waals surface area contributed by atoms with E-state index in [-0.39, 0.29) is 17.6 Å². The minimum absolute atomic E-state index is 0.103. The number of aromatic amines is 1. The lowest BCUT2D eigenvalue weighted by Crippen LogP contribution is -2.39. The third-order valence-corrected chi connectivity index (χ3v) is 4.63. The van der Waals surface area contributed by atoms with Gasteiger partial charge in [0.2, 0.25) is 0 Å². The summed E-state index contributed by atoms with van der Waals surface area (Å²) in [7, 11) is 0. The van der Waals surface area contributed by atoms with Crippen LogP contribution in [0.25, 0.3) is 11.0 Å². The van der Waals surface area contributed by atoms with Crippen molar-refractivity contribution in [3.05, 3.63) is 65.7 Å². The molecule has 5 heteroatoms. The first-order valence-electron chi connectivity index (χ1n) is 8.19. The number of nitrogens with one attached hydrogen (secondary N) is 1. The number of fused-ring (bicyclic) bond motifs is 1. The average molecular weight is 323 g/mol. The van der Waals surface area contributed by atoms with E-state index in [0.717, 1.165) is 29.6 Å². The van der Waals surface area contributed by atoms with Gasteiger partial charge < -0.3 is 9.88 Å². The maximum Gasteiger partial charge on any atom is 0.253 e. The number of likely N-dealkylation sites (tertiary alicyclic amines) is 1. The van der Waals surface area contributed by atoms with Crippen molar-refractivity contribution in [3.8, 4) is 0 Å². The van der Waals surface area contributed by atoms with E-state index in [1.54, 1.807) is 18.3 Å². The number of aromatic nitrogens is 2. The van der Waals surface area contributed by atoms with Crippen molar-refractivity contribution in [1.29, 1.82) is 0 Å². The number of rotatable bonds is 2. The third kappa shape index (κ3) is 2.77. The number of amides is 1. The summed E-state index contributed by atoms with van der Waals surface area (Å²) in [4.78, 5) is 22.2. The third-order valence-electron chi connectivity index (χ3n) is 4.63. The summed E-state index contributed by atoms with van der Waals surface area (Å²) >= 11 is 0. The Kier molecular flexibility index (Phi) is 3.76. The first kappa shape index (κ1) is 14.9. The number of hydrogen-bond donors (Lipinski definition) is 1. The quantitative estimate of drug-likeness (QED) is 0.781. The zero-order valence-electron chi connectivity index (χ0n) is 13.2. The van der Waals surface area contributed by atoms with E-state index in [4.69, 9.17) is 0 Å². The number of nitrogens with zero attached hydrogens (tertiary/aromatic N) is 2. The van der Waals surface area contributed by atoms with Gasteiger partial charge in [0.1, 0.15) is 11.5 Å². The molecule has 1 N–H and O–H groups in total. The second-order valence-electron chi connectivity index (χ2n) is 6.27. The number of hydrogen-bond acceptors (Lipinski definition) is 2. The Hall–Kier alpha value is -2.69. The van der Waals surface area contributed by atoms with Crippen molar-refractivity contribution < 1.29 is 9.18 Å². The molecule has 0 radical (unpaired) electrons. The molecule has 3 aromatic rings. The van der Waals surface area contributed by atoms with E-state index in [2.05, 4.69) is 16.0 Å². The standard InChI is InChI=1S/C19H18FN3O/c20-16-7-1-4-14(10-16)19(24)23-9-3-6-15(12-23)17-11-13-5-2-8-21-18(13)22-17/h1-2,4-5,7-8,10-11,15H,3,6,9,12H2,(H,21,22)/t15-/m1/s1. The average Bonchev–Trinajstić information content (AvgIpc) is 3.05. The van der Waals surface area contributed by atoms with Gasteiger partial charge in [-0.3, -0.25) is 4.79 Å². The van der Waals surface area contributed by atoms with Gasteiger partial charge in [-0.05, 0) is 49.2 Å². The van der Waals surface area contributed by atoms with E-state index < -0.39 is 0 Å². The molecular weight excluding hydrogens is 305 g/mol. The van der Waals surface area contributed by atoms with E-state index in [9.17, 15) is 9.18 Å². The molecular formula is C19H18FN3O. The maximum absolute atomic E-state index is 13.4. The van der Waals surface area contributed by atoms with E-state index in [0.29, 0.717) is 18.7 Å². The number of H-pyrrole nitrogens is 1. The summed E-state index contributed by atoms with van der Waals surface area (Å²) in [5.41, 5.74) is 2.40. The van der Waals surface area contributed by atoms with Gasteiger partial charge in [-0.1, -0.05) is 6.07 Å². The molecule has 2 aromatic heterocycles. The first-order chi connectivity index (χ1) is 11.7. The fourth-order valence-electron chi connectivity index (χ4n) is 3.42. The Morgan fingerprint density at radius 3 is 3.00 bits per heavy atom. The van der Waals surface area contributed by atoms with Crippen LogP contribution in [-0.2, 0) is 0 Å². The van der Waals surface area contributed by atoms with Crippen molar-refractivity contribution >= 4 is 16.9 Å². The molecule has 1 amide bonds. The fraction of sp³-hybridized carbons (Fsp3) is 0.263. The highest BCUT2D eigenvalue weighted by Gasteiger charge is 2.26. The van der Waals surface area contributed by atoms with Crippen LogP contribution in [0.2, 0.25) is 0 Å². The molecule has 0 unspecified atom stereocenters. The Balaban J connectivity index is 1.56. The van der Waals surface area contributed by atoms with E-state index in [1.807, 2.05) is 17.0 Å². The monoisotopic (exact) mass is 323 g/mol. The van der Waals surface area contributed by atoms with Gasteiger partial charge in [-0.15, -0.1) is 0 Å². The van der Waals surface area contributed by atoms with Gasteiger partial charge >= 0.3 is 0 Å². The van der Waals surface area contributed by atoms with Gasteiger partial charge in [0.05, 0.1) is 0 Å². The highest BCUT2D eigenvalue weighted by atomic mass is 19.1. The van der Waals surface area contributed by atoms with Crippen molar-refractivity contribution in [3.63, 3.8) is 0 Å². The molecule has 3 heterocycles. The SMILES string of the molecule is O=C(c1cccc(F)c1)N1CCC[C@@H](c2cc3cccnc3[nH]2)C1. The number of benzene rings is 1. The van der Waals surface area contributed by atoms with Crippen LogP contribution in [0.5, 0.6) is 0 Å². The van der Waals surface area contributed by atoms with Gasteiger partial charge in [-0.2, -0.15) is 0 Å². The molecule has 1 aliphatic heterocycles. The van der Waals surface area contributed by atoms with Crippen LogP contribution in [0.15, 0.2) is 48.7 Å². The lowest BCUT2D eigenvalue weighted by atomic mass is 9.94. The lowest BCUT2D eigenvalue weighted by molar-refractivity contribution is 0.0705. The van der Waals surface area contributed by atoms with Crippen LogP contribution in [0.4, 0.5) is 4.39 Å². The molecule has 1 saturated heterocycles. The Morgan fingerprint density at radius 1 is 1.25 bits per heavy atom.